The minimum atomic E-state index is 0.290. The van der Waals surface area contributed by atoms with E-state index in [0.29, 0.717) is 6.54 Å². The van der Waals surface area contributed by atoms with Crippen LogP contribution in [0.4, 0.5) is 5.69 Å². The Morgan fingerprint density at radius 1 is 1.20 bits per heavy atom. The Labute approximate surface area is 122 Å². The number of aryl methyl sites for hydroxylation is 1. The summed E-state index contributed by atoms with van der Waals surface area (Å²) in [7, 11) is 0. The third-order valence-corrected chi connectivity index (χ3v) is 3.82. The van der Waals surface area contributed by atoms with Gasteiger partial charge in [-0.05, 0) is 24.6 Å². The molecular formula is C16H15ClN2O. The largest absolute Gasteiger partial charge is 0.508 e. The van der Waals surface area contributed by atoms with E-state index in [9.17, 15) is 5.11 Å². The fourth-order valence-corrected chi connectivity index (χ4v) is 2.47. The minimum Gasteiger partial charge on any atom is -0.508 e. The van der Waals surface area contributed by atoms with E-state index in [1.54, 1.807) is 6.07 Å². The molecule has 1 aromatic heterocycles. The molecule has 2 aromatic carbocycles. The van der Waals surface area contributed by atoms with Crippen LogP contribution in [0, 0.1) is 6.92 Å². The lowest BCUT2D eigenvalue weighted by molar-refractivity contribution is 0.471. The maximum atomic E-state index is 9.69. The number of rotatable bonds is 3. The third-order valence-electron chi connectivity index (χ3n) is 3.39. The zero-order valence-corrected chi connectivity index (χ0v) is 11.8. The van der Waals surface area contributed by atoms with Crippen LogP contribution in [0.25, 0.3) is 10.9 Å². The average Bonchev–Trinajstić information content (AvgIpc) is 2.77. The van der Waals surface area contributed by atoms with Crippen LogP contribution in [0.5, 0.6) is 5.75 Å². The second kappa shape index (κ2) is 5.10. The van der Waals surface area contributed by atoms with Crippen LogP contribution in [-0.2, 0) is 6.54 Å². The monoisotopic (exact) mass is 286 g/mol. The first-order valence-electron chi connectivity index (χ1n) is 6.44. The summed E-state index contributed by atoms with van der Waals surface area (Å²) in [6.45, 7) is 2.45. The first kappa shape index (κ1) is 12.9. The molecule has 3 nitrogen and oxygen atoms in total. The molecular weight excluding hydrogens is 272 g/mol. The molecule has 0 bridgehead atoms. The van der Waals surface area contributed by atoms with Crippen LogP contribution >= 0.6 is 11.6 Å². The number of aromatic hydroxyl groups is 1. The quantitative estimate of drug-likeness (QED) is 0.666. The van der Waals surface area contributed by atoms with E-state index in [2.05, 4.69) is 10.3 Å². The third kappa shape index (κ3) is 2.32. The van der Waals surface area contributed by atoms with Gasteiger partial charge in [0, 0.05) is 22.7 Å². The van der Waals surface area contributed by atoms with Gasteiger partial charge in [0.15, 0.2) is 0 Å². The van der Waals surface area contributed by atoms with Crippen molar-refractivity contribution >= 4 is 28.2 Å². The number of fused-ring (bicyclic) bond motifs is 1. The molecule has 20 heavy (non-hydrogen) atoms. The van der Waals surface area contributed by atoms with Gasteiger partial charge >= 0.3 is 0 Å². The molecule has 3 aromatic rings. The molecule has 3 rings (SSSR count). The maximum Gasteiger partial charge on any atom is 0.120 e. The van der Waals surface area contributed by atoms with E-state index in [1.165, 1.54) is 0 Å². The molecule has 0 aliphatic heterocycles. The number of hydrogen-bond acceptors (Lipinski definition) is 2. The fourth-order valence-electron chi connectivity index (χ4n) is 2.20. The summed E-state index contributed by atoms with van der Waals surface area (Å²) in [6, 6.07) is 13.5. The summed E-state index contributed by atoms with van der Waals surface area (Å²) < 4.78 is 0. The van der Waals surface area contributed by atoms with E-state index in [0.717, 1.165) is 32.9 Å². The van der Waals surface area contributed by atoms with Gasteiger partial charge in [-0.15, -0.1) is 0 Å². The molecule has 4 heteroatoms. The number of hydrogen-bond donors (Lipinski definition) is 3. The SMILES string of the molecule is Cc1ccc(NCc2[nH]c3ccccc3c2Cl)cc1O. The second-order valence-electron chi connectivity index (χ2n) is 4.82. The highest BCUT2D eigenvalue weighted by molar-refractivity contribution is 6.36. The lowest BCUT2D eigenvalue weighted by atomic mass is 10.2. The molecule has 0 amide bonds. The van der Waals surface area contributed by atoms with Gasteiger partial charge in [-0.3, -0.25) is 0 Å². The van der Waals surface area contributed by atoms with Crippen molar-refractivity contribution < 1.29 is 5.11 Å². The van der Waals surface area contributed by atoms with Crippen molar-refractivity contribution in [3.8, 4) is 5.75 Å². The smallest absolute Gasteiger partial charge is 0.120 e. The highest BCUT2D eigenvalue weighted by atomic mass is 35.5. The summed E-state index contributed by atoms with van der Waals surface area (Å²) in [5.41, 5.74) is 3.69. The summed E-state index contributed by atoms with van der Waals surface area (Å²) in [6.07, 6.45) is 0. The first-order chi connectivity index (χ1) is 9.65. The molecule has 0 aliphatic rings. The topological polar surface area (TPSA) is 48.0 Å². The van der Waals surface area contributed by atoms with Crippen LogP contribution in [0.15, 0.2) is 42.5 Å². The fraction of sp³-hybridized carbons (Fsp3) is 0.125. The predicted octanol–water partition coefficient (Wildman–Crippen LogP) is 4.45. The Hall–Kier alpha value is -2.13. The molecule has 0 radical (unpaired) electrons. The lowest BCUT2D eigenvalue weighted by Gasteiger charge is -2.07. The molecule has 0 atom stereocenters. The van der Waals surface area contributed by atoms with Crippen molar-refractivity contribution in [2.45, 2.75) is 13.5 Å². The molecule has 0 saturated heterocycles. The van der Waals surface area contributed by atoms with Gasteiger partial charge in [-0.25, -0.2) is 0 Å². The van der Waals surface area contributed by atoms with E-state index < -0.39 is 0 Å². The highest BCUT2D eigenvalue weighted by Gasteiger charge is 2.08. The second-order valence-corrected chi connectivity index (χ2v) is 5.20. The molecule has 0 saturated carbocycles. The number of anilines is 1. The van der Waals surface area contributed by atoms with Crippen LogP contribution in [0.1, 0.15) is 11.3 Å². The van der Waals surface area contributed by atoms with Gasteiger partial charge in [-0.2, -0.15) is 0 Å². The van der Waals surface area contributed by atoms with E-state index in [4.69, 9.17) is 11.6 Å². The molecule has 3 N–H and O–H groups in total. The Morgan fingerprint density at radius 2 is 2.00 bits per heavy atom. The number of halogens is 1. The van der Waals surface area contributed by atoms with Crippen molar-refractivity contribution in [1.82, 2.24) is 4.98 Å². The van der Waals surface area contributed by atoms with Gasteiger partial charge in [-0.1, -0.05) is 35.9 Å². The molecule has 1 heterocycles. The standard InChI is InChI=1S/C16H15ClN2O/c1-10-6-7-11(8-15(10)20)18-9-14-16(17)12-4-2-3-5-13(12)19-14/h2-8,18-20H,9H2,1H3. The van der Waals surface area contributed by atoms with Crippen molar-refractivity contribution in [3.05, 3.63) is 58.7 Å². The van der Waals surface area contributed by atoms with Gasteiger partial charge in [0.05, 0.1) is 17.3 Å². The van der Waals surface area contributed by atoms with Crippen LogP contribution in [0.3, 0.4) is 0 Å². The Kier molecular flexibility index (Phi) is 3.28. The number of aromatic amines is 1. The van der Waals surface area contributed by atoms with Crippen molar-refractivity contribution in [3.63, 3.8) is 0 Å². The maximum absolute atomic E-state index is 9.69. The van der Waals surface area contributed by atoms with Gasteiger partial charge in [0.2, 0.25) is 0 Å². The van der Waals surface area contributed by atoms with Crippen molar-refractivity contribution in [1.29, 1.82) is 0 Å². The highest BCUT2D eigenvalue weighted by Crippen LogP contribution is 2.28. The normalized spacial score (nSPS) is 10.9. The molecule has 0 unspecified atom stereocenters. The summed E-state index contributed by atoms with van der Waals surface area (Å²) in [4.78, 5) is 3.30. The number of aromatic nitrogens is 1. The number of benzene rings is 2. The van der Waals surface area contributed by atoms with Gasteiger partial charge in [0.1, 0.15) is 5.75 Å². The Bertz CT molecular complexity index is 764. The van der Waals surface area contributed by atoms with E-state index in [-0.39, 0.29) is 5.75 Å². The molecule has 0 fully saturated rings. The van der Waals surface area contributed by atoms with Crippen LogP contribution < -0.4 is 5.32 Å². The first-order valence-corrected chi connectivity index (χ1v) is 6.81. The van der Waals surface area contributed by atoms with Crippen LogP contribution in [0.2, 0.25) is 5.02 Å². The number of phenolic OH excluding ortho intramolecular Hbond substituents is 1. The van der Waals surface area contributed by atoms with Crippen molar-refractivity contribution in [2.24, 2.45) is 0 Å². The van der Waals surface area contributed by atoms with Gasteiger partial charge < -0.3 is 15.4 Å². The molecule has 102 valence electrons. The Morgan fingerprint density at radius 3 is 2.75 bits per heavy atom. The zero-order chi connectivity index (χ0) is 14.1. The zero-order valence-electron chi connectivity index (χ0n) is 11.1. The van der Waals surface area contributed by atoms with E-state index in [1.807, 2.05) is 43.3 Å². The van der Waals surface area contributed by atoms with Crippen molar-refractivity contribution in [2.75, 3.05) is 5.32 Å². The van der Waals surface area contributed by atoms with Crippen LogP contribution in [-0.4, -0.2) is 10.1 Å². The van der Waals surface area contributed by atoms with E-state index >= 15 is 0 Å². The predicted molar refractivity (Wildman–Crippen MR) is 83.5 cm³/mol. The molecule has 0 aliphatic carbocycles. The number of phenols is 1. The summed E-state index contributed by atoms with van der Waals surface area (Å²) in [5, 5.41) is 14.7. The average molecular weight is 287 g/mol. The Balaban J connectivity index is 1.83. The van der Waals surface area contributed by atoms with Gasteiger partial charge in [0.25, 0.3) is 0 Å². The number of H-pyrrole nitrogens is 1. The molecule has 0 spiro atoms. The summed E-state index contributed by atoms with van der Waals surface area (Å²) in [5.74, 6) is 0.290. The lowest BCUT2D eigenvalue weighted by Crippen LogP contribution is -2.00. The number of para-hydroxylation sites is 1. The number of nitrogens with one attached hydrogen (secondary N) is 2. The summed E-state index contributed by atoms with van der Waals surface area (Å²) >= 11 is 6.36. The minimum absolute atomic E-state index is 0.290.